The van der Waals surface area contributed by atoms with Gasteiger partial charge in [0.25, 0.3) is 10.2 Å². The first-order chi connectivity index (χ1) is 7.37. The first-order valence-electron chi connectivity index (χ1n) is 4.14. The number of para-hydroxylation sites is 1. The Morgan fingerprint density at radius 1 is 1.38 bits per heavy atom. The number of phenols is 1. The van der Waals surface area contributed by atoms with Crippen molar-refractivity contribution in [2.24, 2.45) is 0 Å². The van der Waals surface area contributed by atoms with Crippen molar-refractivity contribution in [3.8, 4) is 5.75 Å². The summed E-state index contributed by atoms with van der Waals surface area (Å²) in [4.78, 5) is 10.7. The van der Waals surface area contributed by atoms with E-state index < -0.39 is 21.9 Å². The van der Waals surface area contributed by atoms with Gasteiger partial charge in [-0.15, -0.1) is 0 Å². The van der Waals surface area contributed by atoms with E-state index in [9.17, 15) is 18.3 Å². The van der Waals surface area contributed by atoms with Crippen LogP contribution in [0.15, 0.2) is 18.2 Å². The average molecular weight is 246 g/mol. The number of aromatic carboxylic acids is 1. The first kappa shape index (κ1) is 12.3. The summed E-state index contributed by atoms with van der Waals surface area (Å²) in [5.41, 5.74) is -0.578. The second-order valence-corrected chi connectivity index (χ2v) is 4.44. The second-order valence-electron chi connectivity index (χ2n) is 2.82. The number of carboxylic acid groups (broad SMARTS) is 1. The van der Waals surface area contributed by atoms with E-state index in [1.165, 1.54) is 19.2 Å². The summed E-state index contributed by atoms with van der Waals surface area (Å²) in [5.74, 6) is -1.98. The molecule has 0 amide bonds. The molecule has 0 bridgehead atoms. The normalized spacial score (nSPS) is 11.1. The van der Waals surface area contributed by atoms with Crippen molar-refractivity contribution in [1.82, 2.24) is 4.72 Å². The monoisotopic (exact) mass is 246 g/mol. The fraction of sp³-hybridized carbons (Fsp3) is 0.125. The van der Waals surface area contributed by atoms with Gasteiger partial charge in [-0.1, -0.05) is 6.07 Å². The van der Waals surface area contributed by atoms with Crippen molar-refractivity contribution in [3.05, 3.63) is 23.8 Å². The van der Waals surface area contributed by atoms with Gasteiger partial charge in [0.1, 0.15) is 5.56 Å². The lowest BCUT2D eigenvalue weighted by molar-refractivity contribution is 0.0694. The number of carbonyl (C=O) groups is 1. The van der Waals surface area contributed by atoms with Crippen LogP contribution in [0.5, 0.6) is 5.75 Å². The number of carboxylic acids is 1. The average Bonchev–Trinajstić information content (AvgIpc) is 2.20. The lowest BCUT2D eigenvalue weighted by atomic mass is 10.2. The fourth-order valence-electron chi connectivity index (χ4n) is 0.994. The van der Waals surface area contributed by atoms with E-state index >= 15 is 0 Å². The Morgan fingerprint density at radius 3 is 2.50 bits per heavy atom. The maximum Gasteiger partial charge on any atom is 0.339 e. The van der Waals surface area contributed by atoms with Gasteiger partial charge < -0.3 is 10.2 Å². The summed E-state index contributed by atoms with van der Waals surface area (Å²) >= 11 is 0. The molecule has 1 aromatic rings. The molecule has 0 radical (unpaired) electrons. The van der Waals surface area contributed by atoms with Crippen molar-refractivity contribution < 1.29 is 23.4 Å². The summed E-state index contributed by atoms with van der Waals surface area (Å²) in [5, 5.41) is 18.2. The standard InChI is InChI=1S/C8H10N2O5S/c1-9-16(14,15)10-6-4-2-3-5(7(6)11)8(12)13/h2-4,9-11H,1H3,(H,12,13). The van der Waals surface area contributed by atoms with Crippen LogP contribution in [0, 0.1) is 0 Å². The number of rotatable bonds is 4. The van der Waals surface area contributed by atoms with Gasteiger partial charge in [-0.25, -0.2) is 9.52 Å². The third-order valence-corrected chi connectivity index (χ3v) is 2.81. The highest BCUT2D eigenvalue weighted by atomic mass is 32.2. The Balaban J connectivity index is 3.17. The molecule has 0 heterocycles. The Bertz CT molecular complexity index is 511. The smallest absolute Gasteiger partial charge is 0.339 e. The van der Waals surface area contributed by atoms with Gasteiger partial charge in [-0.2, -0.15) is 8.42 Å². The fourth-order valence-corrected chi connectivity index (χ4v) is 1.55. The topological polar surface area (TPSA) is 116 Å². The molecule has 0 fully saturated rings. The molecule has 16 heavy (non-hydrogen) atoms. The molecule has 1 rings (SSSR count). The van der Waals surface area contributed by atoms with E-state index in [1.54, 1.807) is 0 Å². The highest BCUT2D eigenvalue weighted by molar-refractivity contribution is 7.90. The number of hydrogen-bond donors (Lipinski definition) is 4. The van der Waals surface area contributed by atoms with Gasteiger partial charge in [-0.3, -0.25) is 4.72 Å². The molecule has 4 N–H and O–H groups in total. The molecule has 7 nitrogen and oxygen atoms in total. The van der Waals surface area contributed by atoms with Crippen molar-refractivity contribution in [2.45, 2.75) is 0 Å². The molecule has 88 valence electrons. The summed E-state index contributed by atoms with van der Waals surface area (Å²) in [6.07, 6.45) is 0. The number of nitrogens with one attached hydrogen (secondary N) is 2. The van der Waals surface area contributed by atoms with Gasteiger partial charge in [0, 0.05) is 7.05 Å². The zero-order valence-corrected chi connectivity index (χ0v) is 9.08. The van der Waals surface area contributed by atoms with E-state index in [0.29, 0.717) is 0 Å². The van der Waals surface area contributed by atoms with Crippen molar-refractivity contribution in [1.29, 1.82) is 0 Å². The minimum absolute atomic E-state index is 0.200. The van der Waals surface area contributed by atoms with Gasteiger partial charge >= 0.3 is 5.97 Å². The second kappa shape index (κ2) is 4.37. The number of benzene rings is 1. The predicted octanol–water partition coefficient (Wildman–Crippen LogP) is -0.0335. The van der Waals surface area contributed by atoms with Crippen LogP contribution in [0.25, 0.3) is 0 Å². The molecule has 0 spiro atoms. The summed E-state index contributed by atoms with van der Waals surface area (Å²) in [7, 11) is -2.61. The van der Waals surface area contributed by atoms with Crippen LogP contribution in [0.3, 0.4) is 0 Å². The van der Waals surface area contributed by atoms with Gasteiger partial charge in [0.2, 0.25) is 0 Å². The van der Waals surface area contributed by atoms with E-state index in [-0.39, 0.29) is 11.3 Å². The first-order valence-corrected chi connectivity index (χ1v) is 5.62. The SMILES string of the molecule is CNS(=O)(=O)Nc1cccc(C(=O)O)c1O. The van der Waals surface area contributed by atoms with Crippen LogP contribution in [0.4, 0.5) is 5.69 Å². The third-order valence-electron chi connectivity index (χ3n) is 1.78. The van der Waals surface area contributed by atoms with E-state index in [1.807, 2.05) is 9.44 Å². The lowest BCUT2D eigenvalue weighted by Gasteiger charge is -2.09. The molecule has 0 saturated heterocycles. The molecule has 0 aliphatic heterocycles. The molecular weight excluding hydrogens is 236 g/mol. The van der Waals surface area contributed by atoms with Crippen LogP contribution in [0.2, 0.25) is 0 Å². The summed E-state index contributed by atoms with van der Waals surface area (Å²) < 4.78 is 26.2. The Hall–Kier alpha value is -1.80. The quantitative estimate of drug-likeness (QED) is 0.556. The molecule has 0 atom stereocenters. The molecule has 0 aliphatic rings. The van der Waals surface area contributed by atoms with Crippen molar-refractivity contribution in [2.75, 3.05) is 11.8 Å². The van der Waals surface area contributed by atoms with E-state index in [4.69, 9.17) is 5.11 Å². The number of hydrogen-bond acceptors (Lipinski definition) is 4. The van der Waals surface area contributed by atoms with Crippen LogP contribution < -0.4 is 9.44 Å². The van der Waals surface area contributed by atoms with Crippen molar-refractivity contribution in [3.63, 3.8) is 0 Å². The highest BCUT2D eigenvalue weighted by Crippen LogP contribution is 2.27. The predicted molar refractivity (Wildman–Crippen MR) is 56.7 cm³/mol. The molecular formula is C8H10N2O5S. The Morgan fingerprint density at radius 2 is 2.00 bits per heavy atom. The highest BCUT2D eigenvalue weighted by Gasteiger charge is 2.16. The van der Waals surface area contributed by atoms with E-state index in [0.717, 1.165) is 6.07 Å². The zero-order chi connectivity index (χ0) is 12.3. The number of anilines is 1. The van der Waals surface area contributed by atoms with Crippen LogP contribution in [-0.2, 0) is 10.2 Å². The summed E-state index contributed by atoms with van der Waals surface area (Å²) in [6, 6.07) is 3.72. The number of aromatic hydroxyl groups is 1. The summed E-state index contributed by atoms with van der Waals surface area (Å²) in [6.45, 7) is 0. The Kier molecular flexibility index (Phi) is 3.35. The van der Waals surface area contributed by atoms with Crippen LogP contribution in [-0.4, -0.2) is 31.6 Å². The largest absolute Gasteiger partial charge is 0.505 e. The van der Waals surface area contributed by atoms with Crippen LogP contribution >= 0.6 is 0 Å². The van der Waals surface area contributed by atoms with Gasteiger partial charge in [-0.05, 0) is 12.1 Å². The molecule has 0 aromatic heterocycles. The van der Waals surface area contributed by atoms with Crippen LogP contribution in [0.1, 0.15) is 10.4 Å². The Labute approximate surface area is 91.9 Å². The van der Waals surface area contributed by atoms with Crippen molar-refractivity contribution >= 4 is 21.9 Å². The molecule has 0 saturated carbocycles. The third kappa shape index (κ3) is 2.61. The molecule has 8 heteroatoms. The molecule has 0 unspecified atom stereocenters. The maximum atomic E-state index is 11.1. The zero-order valence-electron chi connectivity index (χ0n) is 8.26. The minimum Gasteiger partial charge on any atom is -0.505 e. The van der Waals surface area contributed by atoms with E-state index in [2.05, 4.69) is 0 Å². The minimum atomic E-state index is -3.79. The lowest BCUT2D eigenvalue weighted by Crippen LogP contribution is -2.26. The molecule has 0 aliphatic carbocycles. The molecule has 1 aromatic carbocycles. The maximum absolute atomic E-state index is 11.1. The van der Waals surface area contributed by atoms with Gasteiger partial charge in [0.05, 0.1) is 5.69 Å². The van der Waals surface area contributed by atoms with Gasteiger partial charge in [0.15, 0.2) is 5.75 Å².